The Kier molecular flexibility index (Phi) is 26.4. The van der Waals surface area contributed by atoms with E-state index in [4.69, 9.17) is 44.0 Å². The van der Waals surface area contributed by atoms with E-state index in [9.17, 15) is 61.4 Å². The second kappa shape index (κ2) is 32.0. The van der Waals surface area contributed by atoms with E-state index in [1.807, 2.05) is 12.1 Å². The first-order valence-corrected chi connectivity index (χ1v) is 28.8. The molecule has 3 N–H and O–H groups in total. The van der Waals surface area contributed by atoms with Gasteiger partial charge in [-0.1, -0.05) is 15.9 Å². The Bertz CT molecular complexity index is 2850. The van der Waals surface area contributed by atoms with E-state index in [1.165, 1.54) is 43.9 Å². The zero-order valence-electron chi connectivity index (χ0n) is 51.6. The van der Waals surface area contributed by atoms with Crippen molar-refractivity contribution >= 4 is 57.4 Å². The van der Waals surface area contributed by atoms with Crippen LogP contribution in [0.2, 0.25) is 0 Å². The van der Waals surface area contributed by atoms with Crippen molar-refractivity contribution in [1.82, 2.24) is 19.6 Å². The smallest absolute Gasteiger partial charge is 0.410 e. The molecule has 23 nitrogen and oxygen atoms in total. The molecule has 0 saturated carbocycles. The van der Waals surface area contributed by atoms with Gasteiger partial charge >= 0.3 is 24.4 Å². The molecule has 8 rings (SSSR count). The number of aliphatic hydroxyl groups is 1. The number of nitrogen functional groups attached to an aromatic ring is 1. The number of hydrogen-bond donors (Lipinski definition) is 2. The fourth-order valence-corrected chi connectivity index (χ4v) is 8.24. The maximum atomic E-state index is 14.0. The van der Waals surface area contributed by atoms with Crippen LogP contribution in [0.5, 0.6) is 17.2 Å². The Hall–Kier alpha value is -7.95. The van der Waals surface area contributed by atoms with Gasteiger partial charge in [-0.05, 0) is 156 Å². The molecule has 4 fully saturated rings. The first-order chi connectivity index (χ1) is 41.1. The number of hydrogen-bond acceptors (Lipinski definition) is 17. The van der Waals surface area contributed by atoms with Crippen LogP contribution in [-0.2, 0) is 18.9 Å². The zero-order chi connectivity index (χ0) is 66.9. The minimum absolute atomic E-state index is 0.00386. The number of carbonyl (C=O) groups is 4. The SMILES string of the molecule is CC(C)(C)OC(=O)N1C[C@@H](F)[C@H](Oc2ccc(Br)cc2)C1.CC(C)(C)OC(=O)N1C[C@@H](F)[C@H](Oc2ccc(N)cc2)C1.CC(C)(C)OC(=O)N1C[C@@H](F)[C@H](Oc2ccc([N+](=O)[O-])cc2)C1.CC(C)(C)OC(=O)N1C[C@@H](O)[C@H](F)C1.O=[N+]([O-])c1ccc(F)cc1. The van der Waals surface area contributed by atoms with Crippen molar-refractivity contribution in [2.45, 2.75) is 155 Å². The van der Waals surface area contributed by atoms with Gasteiger partial charge in [-0.3, -0.25) is 20.2 Å². The first-order valence-electron chi connectivity index (χ1n) is 28.1. The van der Waals surface area contributed by atoms with Gasteiger partial charge in [0.2, 0.25) is 0 Å². The molecule has 0 aliphatic carbocycles. The minimum Gasteiger partial charge on any atom is -0.485 e. The molecule has 4 saturated heterocycles. The molecule has 8 atom stereocenters. The highest BCUT2D eigenvalue weighted by Gasteiger charge is 2.42. The number of halogens is 6. The van der Waals surface area contributed by atoms with E-state index >= 15 is 0 Å². The predicted octanol–water partition coefficient (Wildman–Crippen LogP) is 12.0. The number of anilines is 1. The number of likely N-dealkylation sites (tertiary alicyclic amines) is 4. The molecule has 0 bridgehead atoms. The summed E-state index contributed by atoms with van der Waals surface area (Å²) in [6.45, 7) is 21.3. The van der Waals surface area contributed by atoms with Gasteiger partial charge in [0.25, 0.3) is 11.4 Å². The average Bonchev–Trinajstić information content (AvgIpc) is 2.44. The summed E-state index contributed by atoms with van der Waals surface area (Å²) < 4.78 is 105. The van der Waals surface area contributed by atoms with Gasteiger partial charge in [0.05, 0.1) is 62.2 Å². The molecule has 4 aliphatic rings. The second-order valence-corrected chi connectivity index (χ2v) is 25.6. The number of nitro groups is 2. The second-order valence-electron chi connectivity index (χ2n) is 24.6. The van der Waals surface area contributed by atoms with Crippen LogP contribution in [0.15, 0.2) is 102 Å². The number of carbonyl (C=O) groups excluding carboxylic acids is 4. The minimum atomic E-state index is -1.36. The van der Waals surface area contributed by atoms with E-state index in [2.05, 4.69) is 15.9 Å². The topological polar surface area (TPSA) is 278 Å². The molecule has 0 aromatic heterocycles. The fraction of sp³-hybridized carbons (Fsp3) is 0.533. The van der Waals surface area contributed by atoms with Gasteiger partial charge in [-0.25, -0.2) is 41.1 Å². The Morgan fingerprint density at radius 2 is 0.719 bits per heavy atom. The quantitative estimate of drug-likeness (QED) is 0.0545. The Labute approximate surface area is 521 Å². The largest absolute Gasteiger partial charge is 0.485 e. The highest BCUT2D eigenvalue weighted by molar-refractivity contribution is 9.10. The van der Waals surface area contributed by atoms with Gasteiger partial charge in [-0.2, -0.15) is 0 Å². The van der Waals surface area contributed by atoms with E-state index in [0.717, 1.165) is 28.7 Å². The lowest BCUT2D eigenvalue weighted by Gasteiger charge is -2.24. The third kappa shape index (κ3) is 26.3. The molecule has 4 aromatic rings. The molecular weight excluding hydrogens is 1250 g/mol. The van der Waals surface area contributed by atoms with Crippen LogP contribution >= 0.6 is 15.9 Å². The van der Waals surface area contributed by atoms with E-state index in [0.29, 0.717) is 22.9 Å². The summed E-state index contributed by atoms with van der Waals surface area (Å²) in [5, 5.41) is 29.7. The van der Waals surface area contributed by atoms with Gasteiger partial charge in [0.1, 0.15) is 76.1 Å². The molecule has 0 radical (unpaired) electrons. The lowest BCUT2D eigenvalue weighted by atomic mass is 10.2. The number of rotatable bonds is 8. The van der Waals surface area contributed by atoms with Crippen molar-refractivity contribution in [3.8, 4) is 17.2 Å². The molecule has 0 spiro atoms. The van der Waals surface area contributed by atoms with Crippen molar-refractivity contribution in [2.75, 3.05) is 58.1 Å². The number of non-ortho nitro benzene ring substituents is 2. The normalized spacial score (nSPS) is 21.4. The summed E-state index contributed by atoms with van der Waals surface area (Å²) in [7, 11) is 0. The summed E-state index contributed by atoms with van der Waals surface area (Å²) in [6.07, 6.45) is -10.6. The number of nitro benzene ring substituents is 2. The van der Waals surface area contributed by atoms with Crippen LogP contribution in [-0.4, -0.2) is 183 Å². The summed E-state index contributed by atoms with van der Waals surface area (Å²) in [5.74, 6) is 0.958. The maximum absolute atomic E-state index is 14.0. The molecule has 29 heteroatoms. The molecule has 492 valence electrons. The van der Waals surface area contributed by atoms with Crippen LogP contribution in [0.25, 0.3) is 0 Å². The third-order valence-electron chi connectivity index (χ3n) is 12.1. The van der Waals surface area contributed by atoms with Gasteiger partial charge < -0.3 is 63.6 Å². The van der Waals surface area contributed by atoms with Crippen LogP contribution in [0, 0.1) is 26.0 Å². The predicted molar refractivity (Wildman–Crippen MR) is 321 cm³/mol. The molecule has 89 heavy (non-hydrogen) atoms. The molecule has 4 amide bonds. The number of benzene rings is 4. The van der Waals surface area contributed by atoms with Crippen molar-refractivity contribution in [3.05, 3.63) is 128 Å². The van der Waals surface area contributed by atoms with Crippen molar-refractivity contribution < 1.29 is 89.2 Å². The van der Waals surface area contributed by atoms with Crippen molar-refractivity contribution in [1.29, 1.82) is 0 Å². The molecule has 4 aromatic carbocycles. The monoisotopic (exact) mass is 1330 g/mol. The Morgan fingerprint density at radius 3 is 0.989 bits per heavy atom. The average molecular weight is 1330 g/mol. The molecule has 0 unspecified atom stereocenters. The number of β-amino-alcohol motifs (C(OH)–C–C–N with tert-alkyl or cyclic N) is 1. The number of nitrogens with two attached hydrogens (primary N) is 1. The number of ether oxygens (including phenoxy) is 7. The third-order valence-corrected chi connectivity index (χ3v) is 12.6. The van der Waals surface area contributed by atoms with Crippen molar-refractivity contribution in [2.24, 2.45) is 0 Å². The Morgan fingerprint density at radius 1 is 0.461 bits per heavy atom. The van der Waals surface area contributed by atoms with Crippen LogP contribution in [0.4, 0.5) is 58.2 Å². The van der Waals surface area contributed by atoms with E-state index in [-0.39, 0.29) is 63.7 Å². The number of aliphatic hydroxyl groups excluding tert-OH is 1. The van der Waals surface area contributed by atoms with Gasteiger partial charge in [-0.15, -0.1) is 0 Å². The van der Waals surface area contributed by atoms with Crippen molar-refractivity contribution in [3.63, 3.8) is 0 Å². The Balaban J connectivity index is 0.000000244. The van der Waals surface area contributed by atoms with E-state index in [1.54, 1.807) is 119 Å². The first kappa shape index (κ1) is 73.5. The maximum Gasteiger partial charge on any atom is 0.410 e. The van der Waals surface area contributed by atoms with Gasteiger partial charge in [0, 0.05) is 34.4 Å². The molecular formula is C60H79BrF5N7O16. The summed E-state index contributed by atoms with van der Waals surface area (Å²) in [6, 6.07) is 23.6. The zero-order valence-corrected chi connectivity index (χ0v) is 53.2. The van der Waals surface area contributed by atoms with Gasteiger partial charge in [0.15, 0.2) is 18.5 Å². The summed E-state index contributed by atoms with van der Waals surface area (Å²) in [4.78, 5) is 71.7. The standard InChI is InChI=1S/C15H19BrFNO3.C15H19FN2O5.C15H21FN2O3.C9H16FNO3.C6H4FNO2/c1-15(2,3)21-14(19)18-8-12(17)13(9-18)20-11-6-4-10(16)5-7-11;1-15(2,3)23-14(19)17-8-12(16)13(9-17)22-11-6-4-10(5-7-11)18(20)21;1-15(2,3)21-14(19)18-8-12(16)13(9-18)20-11-6-4-10(17)5-7-11;1-9(2,3)14-8(13)11-4-6(10)7(12)5-11;7-5-1-3-6(4-2-5)8(9)10/h4-7,12-13H,8-9H2,1-3H3;4-7,12-13H,8-9H2,1-3H3;4-7,12-13H,8-9,17H2,1-3H3;6-7,12H,4-5H2,1-3H3;1-4H/t3*12-,13-;6-,7-;/m1111./s1. The fourth-order valence-electron chi connectivity index (χ4n) is 7.98. The number of amides is 4. The van der Waals surface area contributed by atoms with E-state index < -0.39 is 112 Å². The number of alkyl halides is 4. The van der Waals surface area contributed by atoms with Crippen LogP contribution in [0.3, 0.4) is 0 Å². The lowest BCUT2D eigenvalue weighted by Crippen LogP contribution is -2.36. The highest BCUT2D eigenvalue weighted by atomic mass is 79.9. The number of nitrogens with zero attached hydrogens (tertiary/aromatic N) is 6. The van der Waals surface area contributed by atoms with Crippen LogP contribution < -0.4 is 19.9 Å². The van der Waals surface area contributed by atoms with Crippen LogP contribution in [0.1, 0.15) is 83.1 Å². The summed E-state index contributed by atoms with van der Waals surface area (Å²) >= 11 is 3.33. The lowest BCUT2D eigenvalue weighted by molar-refractivity contribution is -0.385. The molecule has 4 aliphatic heterocycles. The molecule has 4 heterocycles. The summed E-state index contributed by atoms with van der Waals surface area (Å²) in [5.41, 5.74) is 3.60. The highest BCUT2D eigenvalue weighted by Crippen LogP contribution is 2.28.